The summed E-state index contributed by atoms with van der Waals surface area (Å²) in [4.78, 5) is 24.4. The molecule has 0 saturated carbocycles. The molecule has 2 amide bonds. The van der Waals surface area contributed by atoms with Crippen molar-refractivity contribution in [1.82, 2.24) is 10.2 Å². The minimum absolute atomic E-state index is 0.381. The molecule has 0 unspecified atom stereocenters. The van der Waals surface area contributed by atoms with Gasteiger partial charge in [0.25, 0.3) is 0 Å². The first-order chi connectivity index (χ1) is 8.56. The van der Waals surface area contributed by atoms with Gasteiger partial charge in [0.05, 0.1) is 0 Å². The van der Waals surface area contributed by atoms with Crippen LogP contribution in [0.1, 0.15) is 24.9 Å². The molecule has 0 saturated heterocycles. The van der Waals surface area contributed by atoms with E-state index < -0.39 is 12.0 Å². The number of hydrogen-bond donors (Lipinski definition) is 2. The molecule has 1 rings (SSSR count). The van der Waals surface area contributed by atoms with Crippen LogP contribution >= 0.6 is 0 Å². The normalized spacial score (nSPS) is 11.7. The summed E-state index contributed by atoms with van der Waals surface area (Å²) in [5.74, 6) is -1.07. The first-order valence-corrected chi connectivity index (χ1v) is 5.85. The van der Waals surface area contributed by atoms with E-state index in [4.69, 9.17) is 5.11 Å². The van der Waals surface area contributed by atoms with Gasteiger partial charge in [0, 0.05) is 13.6 Å². The highest BCUT2D eigenvalue weighted by molar-refractivity contribution is 5.83. The van der Waals surface area contributed by atoms with Gasteiger partial charge < -0.3 is 15.3 Å². The SMILES string of the molecule is CCCN(C)C(=O)N[C@H](C(=O)O)c1ccccc1. The van der Waals surface area contributed by atoms with Crippen LogP contribution in [0.2, 0.25) is 0 Å². The Bertz CT molecular complexity index is 406. The summed E-state index contributed by atoms with van der Waals surface area (Å²) in [5, 5.41) is 11.7. The zero-order valence-corrected chi connectivity index (χ0v) is 10.6. The largest absolute Gasteiger partial charge is 0.479 e. The third-order valence-electron chi connectivity index (χ3n) is 2.55. The van der Waals surface area contributed by atoms with Crippen LogP contribution in [0.4, 0.5) is 4.79 Å². The number of benzene rings is 1. The van der Waals surface area contributed by atoms with Crippen molar-refractivity contribution < 1.29 is 14.7 Å². The number of amides is 2. The van der Waals surface area contributed by atoms with Gasteiger partial charge in [-0.1, -0.05) is 37.3 Å². The number of rotatable bonds is 5. The van der Waals surface area contributed by atoms with Crippen molar-refractivity contribution in [2.45, 2.75) is 19.4 Å². The molecule has 1 atom stereocenters. The summed E-state index contributed by atoms with van der Waals surface area (Å²) in [7, 11) is 1.64. The third-order valence-corrected chi connectivity index (χ3v) is 2.55. The second kappa shape index (κ2) is 6.64. The summed E-state index contributed by atoms with van der Waals surface area (Å²) in [6.45, 7) is 2.54. The lowest BCUT2D eigenvalue weighted by Gasteiger charge is -2.21. The predicted octanol–water partition coefficient (Wildman–Crippen LogP) is 1.86. The lowest BCUT2D eigenvalue weighted by atomic mass is 10.1. The summed E-state index contributed by atoms with van der Waals surface area (Å²) in [6, 6.07) is 7.25. The highest BCUT2D eigenvalue weighted by Gasteiger charge is 2.22. The number of nitrogens with zero attached hydrogens (tertiary/aromatic N) is 1. The van der Waals surface area contributed by atoms with Crippen LogP contribution in [0.25, 0.3) is 0 Å². The molecule has 5 nitrogen and oxygen atoms in total. The van der Waals surface area contributed by atoms with Crippen molar-refractivity contribution in [2.24, 2.45) is 0 Å². The van der Waals surface area contributed by atoms with E-state index in [1.54, 1.807) is 37.4 Å². The molecular formula is C13H18N2O3. The molecule has 0 aromatic heterocycles. The Labute approximate surface area is 106 Å². The van der Waals surface area contributed by atoms with Gasteiger partial charge in [-0.3, -0.25) is 0 Å². The van der Waals surface area contributed by atoms with E-state index in [0.29, 0.717) is 12.1 Å². The first-order valence-electron chi connectivity index (χ1n) is 5.85. The van der Waals surface area contributed by atoms with Crippen LogP contribution < -0.4 is 5.32 Å². The molecule has 5 heteroatoms. The molecule has 0 radical (unpaired) electrons. The predicted molar refractivity (Wildman–Crippen MR) is 68.3 cm³/mol. The van der Waals surface area contributed by atoms with Crippen LogP contribution in [0.3, 0.4) is 0 Å². The number of carbonyl (C=O) groups is 2. The van der Waals surface area contributed by atoms with Gasteiger partial charge in [0.1, 0.15) is 0 Å². The van der Waals surface area contributed by atoms with E-state index in [1.807, 2.05) is 6.92 Å². The molecule has 0 fully saturated rings. The van der Waals surface area contributed by atoms with Crippen molar-refractivity contribution in [1.29, 1.82) is 0 Å². The molecule has 0 heterocycles. The van der Waals surface area contributed by atoms with Crippen LogP contribution in [0, 0.1) is 0 Å². The molecule has 18 heavy (non-hydrogen) atoms. The van der Waals surface area contributed by atoms with E-state index in [9.17, 15) is 9.59 Å². The van der Waals surface area contributed by atoms with Crippen molar-refractivity contribution in [3.8, 4) is 0 Å². The topological polar surface area (TPSA) is 69.6 Å². The maximum absolute atomic E-state index is 11.8. The molecule has 0 bridgehead atoms. The molecule has 0 aliphatic rings. The van der Waals surface area contributed by atoms with Crippen molar-refractivity contribution >= 4 is 12.0 Å². The van der Waals surface area contributed by atoms with Gasteiger partial charge in [-0.15, -0.1) is 0 Å². The molecule has 0 spiro atoms. The zero-order valence-electron chi connectivity index (χ0n) is 10.6. The number of hydrogen-bond acceptors (Lipinski definition) is 2. The standard InChI is InChI=1S/C13H18N2O3/c1-3-9-15(2)13(18)14-11(12(16)17)10-7-5-4-6-8-10/h4-8,11H,3,9H2,1-2H3,(H,14,18)(H,16,17)/t11-/m0/s1. The Balaban J connectivity index is 2.76. The number of nitrogens with one attached hydrogen (secondary N) is 1. The molecule has 98 valence electrons. The van der Waals surface area contributed by atoms with Gasteiger partial charge in [-0.2, -0.15) is 0 Å². The molecule has 0 aliphatic carbocycles. The summed E-state index contributed by atoms with van der Waals surface area (Å²) >= 11 is 0. The average Bonchev–Trinajstić information content (AvgIpc) is 2.36. The Kier molecular flexibility index (Phi) is 5.17. The highest BCUT2D eigenvalue weighted by Crippen LogP contribution is 2.12. The van der Waals surface area contributed by atoms with E-state index >= 15 is 0 Å². The fourth-order valence-electron chi connectivity index (χ4n) is 1.60. The van der Waals surface area contributed by atoms with Gasteiger partial charge in [0.15, 0.2) is 6.04 Å². The van der Waals surface area contributed by atoms with Crippen molar-refractivity contribution in [3.63, 3.8) is 0 Å². The third kappa shape index (κ3) is 3.76. The van der Waals surface area contributed by atoms with Crippen LogP contribution in [-0.4, -0.2) is 35.6 Å². The fourth-order valence-corrected chi connectivity index (χ4v) is 1.60. The fraction of sp³-hybridized carbons (Fsp3) is 0.385. The average molecular weight is 250 g/mol. The molecule has 2 N–H and O–H groups in total. The monoisotopic (exact) mass is 250 g/mol. The Morgan fingerprint density at radius 3 is 2.44 bits per heavy atom. The van der Waals surface area contributed by atoms with Crippen LogP contribution in [0.5, 0.6) is 0 Å². The lowest BCUT2D eigenvalue weighted by Crippen LogP contribution is -2.42. The maximum Gasteiger partial charge on any atom is 0.330 e. The zero-order chi connectivity index (χ0) is 13.5. The van der Waals surface area contributed by atoms with E-state index in [2.05, 4.69) is 5.32 Å². The molecule has 0 aliphatic heterocycles. The van der Waals surface area contributed by atoms with Gasteiger partial charge >= 0.3 is 12.0 Å². The van der Waals surface area contributed by atoms with Crippen LogP contribution in [-0.2, 0) is 4.79 Å². The Morgan fingerprint density at radius 1 is 1.33 bits per heavy atom. The number of carboxylic acids is 1. The molecular weight excluding hydrogens is 232 g/mol. The number of carbonyl (C=O) groups excluding carboxylic acids is 1. The number of urea groups is 1. The summed E-state index contributed by atoms with van der Waals surface area (Å²) in [5.41, 5.74) is 0.559. The highest BCUT2D eigenvalue weighted by atomic mass is 16.4. The maximum atomic E-state index is 11.8. The minimum Gasteiger partial charge on any atom is -0.479 e. The number of aliphatic carboxylic acids is 1. The van der Waals surface area contributed by atoms with Gasteiger partial charge in [-0.05, 0) is 12.0 Å². The second-order valence-electron chi connectivity index (χ2n) is 4.05. The Morgan fingerprint density at radius 2 is 1.94 bits per heavy atom. The molecule has 1 aromatic carbocycles. The minimum atomic E-state index is -1.07. The van der Waals surface area contributed by atoms with E-state index in [-0.39, 0.29) is 6.03 Å². The number of carboxylic acid groups (broad SMARTS) is 1. The first kappa shape index (κ1) is 14.0. The second-order valence-corrected chi connectivity index (χ2v) is 4.05. The van der Waals surface area contributed by atoms with Gasteiger partial charge in [-0.25, -0.2) is 9.59 Å². The van der Waals surface area contributed by atoms with Crippen LogP contribution in [0.15, 0.2) is 30.3 Å². The van der Waals surface area contributed by atoms with E-state index in [1.165, 1.54) is 4.90 Å². The Hall–Kier alpha value is -2.04. The van der Waals surface area contributed by atoms with Crippen molar-refractivity contribution in [3.05, 3.63) is 35.9 Å². The quantitative estimate of drug-likeness (QED) is 0.838. The van der Waals surface area contributed by atoms with Gasteiger partial charge in [0.2, 0.25) is 0 Å². The van der Waals surface area contributed by atoms with E-state index in [0.717, 1.165) is 6.42 Å². The summed E-state index contributed by atoms with van der Waals surface area (Å²) < 4.78 is 0. The lowest BCUT2D eigenvalue weighted by molar-refractivity contribution is -0.139. The summed E-state index contributed by atoms with van der Waals surface area (Å²) in [6.07, 6.45) is 0.826. The smallest absolute Gasteiger partial charge is 0.330 e. The molecule has 1 aromatic rings. The van der Waals surface area contributed by atoms with Crippen molar-refractivity contribution in [2.75, 3.05) is 13.6 Å².